The van der Waals surface area contributed by atoms with Gasteiger partial charge in [-0.2, -0.15) is 0 Å². The molecule has 7 heteroatoms. The van der Waals surface area contributed by atoms with Crippen molar-refractivity contribution in [2.45, 2.75) is 32.7 Å². The van der Waals surface area contributed by atoms with Gasteiger partial charge >= 0.3 is 0 Å². The lowest BCUT2D eigenvalue weighted by molar-refractivity contribution is -0.127. The molecular formula is C21H35N5O2. The molecule has 1 aliphatic heterocycles. The number of likely N-dealkylation sites (tertiary alicyclic amines) is 1. The average molecular weight is 390 g/mol. The number of ether oxygens (including phenoxy) is 1. The van der Waals surface area contributed by atoms with Crippen LogP contribution in [0.1, 0.15) is 25.3 Å². The first-order valence-corrected chi connectivity index (χ1v) is 10.2. The van der Waals surface area contributed by atoms with Crippen LogP contribution < -0.4 is 15.4 Å². The maximum Gasteiger partial charge on any atom is 0.243 e. The predicted molar refractivity (Wildman–Crippen MR) is 114 cm³/mol. The number of amides is 1. The Morgan fingerprint density at radius 2 is 2.04 bits per heavy atom. The summed E-state index contributed by atoms with van der Waals surface area (Å²) in [5.74, 6) is 1.49. The summed E-state index contributed by atoms with van der Waals surface area (Å²) in [6.07, 6.45) is 2.44. The second-order valence-electron chi connectivity index (χ2n) is 7.35. The summed E-state index contributed by atoms with van der Waals surface area (Å²) in [6.45, 7) is 8.57. The van der Waals surface area contributed by atoms with Crippen molar-refractivity contribution in [2.24, 2.45) is 4.99 Å². The topological polar surface area (TPSA) is 69.2 Å². The van der Waals surface area contributed by atoms with Gasteiger partial charge in [0.15, 0.2) is 5.96 Å². The number of likely N-dealkylation sites (N-methyl/N-ethyl adjacent to an activating group) is 2. The molecule has 1 fully saturated rings. The lowest BCUT2D eigenvalue weighted by Crippen LogP contribution is -2.46. The van der Waals surface area contributed by atoms with E-state index in [-0.39, 0.29) is 12.5 Å². The Morgan fingerprint density at radius 3 is 2.71 bits per heavy atom. The van der Waals surface area contributed by atoms with Gasteiger partial charge in [-0.1, -0.05) is 24.6 Å². The lowest BCUT2D eigenvalue weighted by Gasteiger charge is -2.24. The maximum atomic E-state index is 11.9. The molecule has 0 radical (unpaired) electrons. The van der Waals surface area contributed by atoms with Gasteiger partial charge in [0.2, 0.25) is 5.91 Å². The summed E-state index contributed by atoms with van der Waals surface area (Å²) in [7, 11) is 3.48. The highest BCUT2D eigenvalue weighted by Gasteiger charge is 2.22. The van der Waals surface area contributed by atoms with Gasteiger partial charge in [0, 0.05) is 26.7 Å². The summed E-state index contributed by atoms with van der Waals surface area (Å²) in [5.41, 5.74) is 1.21. The molecule has 7 nitrogen and oxygen atoms in total. The van der Waals surface area contributed by atoms with E-state index in [1.807, 2.05) is 24.3 Å². The fourth-order valence-corrected chi connectivity index (χ4v) is 3.19. The number of aryl methyl sites for hydroxylation is 1. The number of nitrogens with one attached hydrogen (secondary N) is 2. The number of aliphatic imine (C=N–C) groups is 1. The largest absolute Gasteiger partial charge is 0.492 e. The highest BCUT2D eigenvalue weighted by molar-refractivity contribution is 5.84. The van der Waals surface area contributed by atoms with E-state index in [4.69, 9.17) is 4.74 Å². The number of guanidine groups is 1. The quantitative estimate of drug-likeness (QED) is 0.380. The molecular weight excluding hydrogens is 354 g/mol. The van der Waals surface area contributed by atoms with Crippen molar-refractivity contribution < 1.29 is 9.53 Å². The Hall–Kier alpha value is -2.28. The second-order valence-corrected chi connectivity index (χ2v) is 7.35. The smallest absolute Gasteiger partial charge is 0.243 e. The molecule has 0 saturated carbocycles. The van der Waals surface area contributed by atoms with Crippen LogP contribution in [0.5, 0.6) is 5.75 Å². The molecule has 1 aliphatic rings. The third kappa shape index (κ3) is 7.38. The van der Waals surface area contributed by atoms with Gasteiger partial charge in [-0.3, -0.25) is 9.69 Å². The van der Waals surface area contributed by atoms with Crippen molar-refractivity contribution in [3.05, 3.63) is 29.8 Å². The van der Waals surface area contributed by atoms with Crippen LogP contribution in [0.15, 0.2) is 29.3 Å². The van der Waals surface area contributed by atoms with Crippen LogP contribution >= 0.6 is 0 Å². The minimum Gasteiger partial charge on any atom is -0.492 e. The van der Waals surface area contributed by atoms with Crippen molar-refractivity contribution in [3.8, 4) is 5.75 Å². The van der Waals surface area contributed by atoms with Gasteiger partial charge in [0.1, 0.15) is 18.9 Å². The van der Waals surface area contributed by atoms with Crippen molar-refractivity contribution in [3.63, 3.8) is 0 Å². The van der Waals surface area contributed by atoms with Crippen LogP contribution in [0, 0.1) is 6.92 Å². The Morgan fingerprint density at radius 1 is 1.29 bits per heavy atom. The minimum absolute atomic E-state index is 0.0203. The van der Waals surface area contributed by atoms with Crippen LogP contribution in [0.2, 0.25) is 0 Å². The molecule has 28 heavy (non-hydrogen) atoms. The summed E-state index contributed by atoms with van der Waals surface area (Å²) in [4.78, 5) is 20.4. The van der Waals surface area contributed by atoms with E-state index in [0.29, 0.717) is 25.2 Å². The van der Waals surface area contributed by atoms with E-state index in [9.17, 15) is 4.79 Å². The average Bonchev–Trinajstić information content (AvgIpc) is 3.15. The minimum atomic E-state index is -0.0203. The number of carbonyl (C=O) groups is 1. The predicted octanol–water partition coefficient (Wildman–Crippen LogP) is 1.48. The zero-order chi connectivity index (χ0) is 20.4. The molecule has 0 aromatic heterocycles. The molecule has 1 heterocycles. The highest BCUT2D eigenvalue weighted by atomic mass is 16.5. The van der Waals surface area contributed by atoms with Gasteiger partial charge in [0.25, 0.3) is 0 Å². The van der Waals surface area contributed by atoms with Gasteiger partial charge < -0.3 is 20.3 Å². The molecule has 1 unspecified atom stereocenters. The van der Waals surface area contributed by atoms with E-state index >= 15 is 0 Å². The molecule has 1 aromatic carbocycles. The standard InChI is InChI=1S/C21H35N5O2/c1-5-26-13-6-7-18(26)15-23-21(24-16-20(27)25(3)4)22-12-14-28-19-10-8-17(2)9-11-19/h8-11,18H,5-7,12-16H2,1-4H3,(H2,22,23,24). The number of hydrogen-bond donors (Lipinski definition) is 2. The number of rotatable bonds is 9. The highest BCUT2D eigenvalue weighted by Crippen LogP contribution is 2.15. The third-order valence-electron chi connectivity index (χ3n) is 4.97. The summed E-state index contributed by atoms with van der Waals surface area (Å²) < 4.78 is 5.76. The zero-order valence-corrected chi connectivity index (χ0v) is 17.7. The molecule has 0 spiro atoms. The van der Waals surface area contributed by atoms with E-state index in [2.05, 4.69) is 34.4 Å². The van der Waals surface area contributed by atoms with Crippen molar-refractivity contribution in [1.29, 1.82) is 0 Å². The Balaban J connectivity index is 1.83. The first-order valence-electron chi connectivity index (χ1n) is 10.2. The van der Waals surface area contributed by atoms with Gasteiger partial charge in [0.05, 0.1) is 6.54 Å². The number of nitrogens with zero attached hydrogens (tertiary/aromatic N) is 3. The van der Waals surface area contributed by atoms with Crippen molar-refractivity contribution in [1.82, 2.24) is 20.4 Å². The first-order chi connectivity index (χ1) is 13.5. The van der Waals surface area contributed by atoms with Crippen LogP contribution in [0.3, 0.4) is 0 Å². The van der Waals surface area contributed by atoms with Gasteiger partial charge in [-0.05, 0) is 45.0 Å². The van der Waals surface area contributed by atoms with E-state index in [0.717, 1.165) is 25.4 Å². The molecule has 0 aliphatic carbocycles. The van der Waals surface area contributed by atoms with Gasteiger partial charge in [-0.15, -0.1) is 0 Å². The third-order valence-corrected chi connectivity index (χ3v) is 4.97. The molecule has 2 N–H and O–H groups in total. The molecule has 2 rings (SSSR count). The first kappa shape index (κ1) is 22.0. The summed E-state index contributed by atoms with van der Waals surface area (Å²) >= 11 is 0. The van der Waals surface area contributed by atoms with E-state index in [1.54, 1.807) is 19.0 Å². The number of benzene rings is 1. The maximum absolute atomic E-state index is 11.9. The Labute approximate surface area is 169 Å². The van der Waals surface area contributed by atoms with Crippen LogP contribution in [0.4, 0.5) is 0 Å². The molecule has 1 aromatic rings. The van der Waals surface area contributed by atoms with Gasteiger partial charge in [-0.25, -0.2) is 4.99 Å². The van der Waals surface area contributed by atoms with E-state index < -0.39 is 0 Å². The van der Waals surface area contributed by atoms with E-state index in [1.165, 1.54) is 18.4 Å². The fourth-order valence-electron chi connectivity index (χ4n) is 3.19. The molecule has 0 bridgehead atoms. The molecule has 156 valence electrons. The van der Waals surface area contributed by atoms with Crippen molar-refractivity contribution in [2.75, 3.05) is 53.4 Å². The summed E-state index contributed by atoms with van der Waals surface area (Å²) in [5, 5.41) is 6.67. The Bertz CT molecular complexity index is 630. The lowest BCUT2D eigenvalue weighted by atomic mass is 10.2. The van der Waals surface area contributed by atoms with Crippen LogP contribution in [0.25, 0.3) is 0 Å². The fraction of sp³-hybridized carbons (Fsp3) is 0.619. The monoisotopic (exact) mass is 389 g/mol. The Kier molecular flexibility index (Phi) is 9.07. The second kappa shape index (κ2) is 11.5. The molecule has 1 amide bonds. The normalized spacial score (nSPS) is 17.4. The summed E-state index contributed by atoms with van der Waals surface area (Å²) in [6, 6.07) is 8.52. The zero-order valence-electron chi connectivity index (χ0n) is 17.7. The number of carbonyl (C=O) groups excluding carboxylic acids is 1. The van der Waals surface area contributed by atoms with Crippen molar-refractivity contribution >= 4 is 11.9 Å². The number of hydrogen-bond acceptors (Lipinski definition) is 4. The molecule has 1 atom stereocenters. The van der Waals surface area contributed by atoms with Crippen LogP contribution in [-0.2, 0) is 4.79 Å². The molecule has 1 saturated heterocycles. The van der Waals surface area contributed by atoms with Crippen LogP contribution in [-0.4, -0.2) is 81.1 Å². The SMILES string of the molecule is CCN1CCCC1CNC(=NCC(=O)N(C)C)NCCOc1ccc(C)cc1.